The van der Waals surface area contributed by atoms with E-state index in [0.717, 1.165) is 4.90 Å². The average Bonchev–Trinajstić information content (AvgIpc) is 3.01. The van der Waals surface area contributed by atoms with Gasteiger partial charge in [-0.3, -0.25) is 14.5 Å². The van der Waals surface area contributed by atoms with Gasteiger partial charge in [-0.1, -0.05) is 12.1 Å². The number of imide groups is 1. The Bertz CT molecular complexity index is 857. The molecule has 2 aliphatic rings. The highest BCUT2D eigenvalue weighted by Crippen LogP contribution is 2.16. The number of hydrogen-bond donors (Lipinski definition) is 2. The second-order valence-electron chi connectivity index (χ2n) is 6.43. The number of amides is 4. The highest BCUT2D eigenvalue weighted by Gasteiger charge is 2.39. The van der Waals surface area contributed by atoms with Crippen LogP contribution in [0.5, 0.6) is 0 Å². The Morgan fingerprint density at radius 3 is 2.77 bits per heavy atom. The first kappa shape index (κ1) is 18.3. The van der Waals surface area contributed by atoms with Crippen molar-refractivity contribution in [3.05, 3.63) is 35.6 Å². The molecule has 3 rings (SSSR count). The first-order chi connectivity index (χ1) is 12.2. The van der Waals surface area contributed by atoms with Gasteiger partial charge in [-0.05, 0) is 24.1 Å². The van der Waals surface area contributed by atoms with Gasteiger partial charge in [0.15, 0.2) is 9.84 Å². The van der Waals surface area contributed by atoms with Crippen molar-refractivity contribution in [3.8, 4) is 0 Å². The Morgan fingerprint density at radius 1 is 1.35 bits per heavy atom. The van der Waals surface area contributed by atoms with Gasteiger partial charge in [0.25, 0.3) is 5.91 Å². The zero-order chi connectivity index (χ0) is 18.9. The summed E-state index contributed by atoms with van der Waals surface area (Å²) in [6.45, 7) is -0.0958. The molecule has 0 aliphatic carbocycles. The monoisotopic (exact) mass is 383 g/mol. The van der Waals surface area contributed by atoms with Crippen molar-refractivity contribution in [2.75, 3.05) is 11.5 Å². The molecule has 1 aromatic carbocycles. The van der Waals surface area contributed by atoms with Crippen molar-refractivity contribution in [3.63, 3.8) is 0 Å². The van der Waals surface area contributed by atoms with Crippen LogP contribution in [0.1, 0.15) is 18.4 Å². The Kier molecular flexibility index (Phi) is 4.94. The zero-order valence-electron chi connectivity index (χ0n) is 13.8. The number of nitrogens with zero attached hydrogens (tertiary/aromatic N) is 1. The molecule has 2 aliphatic heterocycles. The van der Waals surface area contributed by atoms with Crippen LogP contribution in [0.4, 0.5) is 9.18 Å². The van der Waals surface area contributed by atoms with Gasteiger partial charge < -0.3 is 10.6 Å². The second kappa shape index (κ2) is 7.02. The molecular formula is C16H18FN3O5S. The summed E-state index contributed by atoms with van der Waals surface area (Å²) >= 11 is 0. The van der Waals surface area contributed by atoms with Crippen LogP contribution in [0.2, 0.25) is 0 Å². The predicted molar refractivity (Wildman–Crippen MR) is 89.1 cm³/mol. The number of benzene rings is 1. The molecule has 0 spiro atoms. The number of rotatable bonds is 5. The zero-order valence-corrected chi connectivity index (χ0v) is 14.6. The summed E-state index contributed by atoms with van der Waals surface area (Å²) in [5.74, 6) is -1.64. The summed E-state index contributed by atoms with van der Waals surface area (Å²) in [5.41, 5.74) is 0.453. The van der Waals surface area contributed by atoms with Crippen LogP contribution < -0.4 is 10.6 Å². The maximum Gasteiger partial charge on any atom is 0.325 e. The van der Waals surface area contributed by atoms with E-state index < -0.39 is 45.6 Å². The quantitative estimate of drug-likeness (QED) is 0.692. The summed E-state index contributed by atoms with van der Waals surface area (Å²) < 4.78 is 36.0. The molecule has 2 atom stereocenters. The largest absolute Gasteiger partial charge is 0.352 e. The van der Waals surface area contributed by atoms with Crippen molar-refractivity contribution >= 4 is 27.7 Å². The third kappa shape index (κ3) is 4.18. The number of carbonyl (C=O) groups excluding carboxylic acids is 3. The fourth-order valence-electron chi connectivity index (χ4n) is 3.06. The molecular weight excluding hydrogens is 365 g/mol. The fourth-order valence-corrected chi connectivity index (χ4v) is 4.74. The van der Waals surface area contributed by atoms with E-state index in [-0.39, 0.29) is 24.5 Å². The standard InChI is InChI=1S/C16H18FN3O5S/c17-11-3-1-2-10(6-11)8-20-15(22)13(19-16(20)23)7-14(21)18-12-4-5-26(24,25)9-12/h1-3,6,12-13H,4-5,7-9H2,(H,18,21)(H,19,23)/t12?,13-/m0/s1. The molecule has 4 amide bonds. The SMILES string of the molecule is O=C(C[C@@H]1NC(=O)N(Cc2cccc(F)c2)C1=O)NC1CCS(=O)(=O)C1. The molecule has 26 heavy (non-hydrogen) atoms. The molecule has 0 saturated carbocycles. The molecule has 8 nitrogen and oxygen atoms in total. The van der Waals surface area contributed by atoms with Gasteiger partial charge in [-0.2, -0.15) is 0 Å². The van der Waals surface area contributed by atoms with Crippen LogP contribution in [-0.2, 0) is 26.0 Å². The topological polar surface area (TPSA) is 113 Å². The molecule has 10 heteroatoms. The molecule has 140 valence electrons. The van der Waals surface area contributed by atoms with Gasteiger partial charge in [-0.15, -0.1) is 0 Å². The first-order valence-corrected chi connectivity index (χ1v) is 9.92. The molecule has 2 saturated heterocycles. The highest BCUT2D eigenvalue weighted by molar-refractivity contribution is 7.91. The molecule has 0 aromatic heterocycles. The van der Waals surface area contributed by atoms with Crippen LogP contribution in [0.25, 0.3) is 0 Å². The fraction of sp³-hybridized carbons (Fsp3) is 0.438. The minimum absolute atomic E-state index is 0.0262. The third-order valence-corrected chi connectivity index (χ3v) is 6.09. The second-order valence-corrected chi connectivity index (χ2v) is 8.66. The number of carbonyl (C=O) groups is 3. The summed E-state index contributed by atoms with van der Waals surface area (Å²) in [5, 5.41) is 5.00. The molecule has 2 heterocycles. The Hall–Kier alpha value is -2.49. The smallest absolute Gasteiger partial charge is 0.325 e. The lowest BCUT2D eigenvalue weighted by atomic mass is 10.1. The Labute approximate surface area is 149 Å². The van der Waals surface area contributed by atoms with E-state index in [9.17, 15) is 27.2 Å². The molecule has 0 bridgehead atoms. The molecule has 1 unspecified atom stereocenters. The van der Waals surface area contributed by atoms with Crippen molar-refractivity contribution < 1.29 is 27.2 Å². The predicted octanol–water partition coefficient (Wildman–Crippen LogP) is -0.0605. The van der Waals surface area contributed by atoms with E-state index in [1.54, 1.807) is 6.07 Å². The summed E-state index contributed by atoms with van der Waals surface area (Å²) in [6.07, 6.45) is 0.0610. The van der Waals surface area contributed by atoms with Crippen LogP contribution in [0.3, 0.4) is 0 Å². The maximum atomic E-state index is 13.2. The summed E-state index contributed by atoms with van der Waals surface area (Å²) in [4.78, 5) is 37.3. The van der Waals surface area contributed by atoms with Gasteiger partial charge in [-0.25, -0.2) is 17.6 Å². The summed E-state index contributed by atoms with van der Waals surface area (Å²) in [7, 11) is -3.13. The van der Waals surface area contributed by atoms with Gasteiger partial charge in [0, 0.05) is 6.04 Å². The van der Waals surface area contributed by atoms with Gasteiger partial charge in [0.2, 0.25) is 5.91 Å². The van der Waals surface area contributed by atoms with E-state index in [1.807, 2.05) is 0 Å². The van der Waals surface area contributed by atoms with Crippen molar-refractivity contribution in [1.82, 2.24) is 15.5 Å². The van der Waals surface area contributed by atoms with Crippen LogP contribution in [-0.4, -0.2) is 54.8 Å². The number of halogens is 1. The number of sulfone groups is 1. The minimum atomic E-state index is -3.13. The van der Waals surface area contributed by atoms with Crippen LogP contribution >= 0.6 is 0 Å². The number of nitrogens with one attached hydrogen (secondary N) is 2. The van der Waals surface area contributed by atoms with Crippen molar-refractivity contribution in [1.29, 1.82) is 0 Å². The highest BCUT2D eigenvalue weighted by atomic mass is 32.2. The van der Waals surface area contributed by atoms with Crippen LogP contribution in [0.15, 0.2) is 24.3 Å². The van der Waals surface area contributed by atoms with E-state index in [1.165, 1.54) is 18.2 Å². The lowest BCUT2D eigenvalue weighted by Crippen LogP contribution is -2.41. The van der Waals surface area contributed by atoms with Gasteiger partial charge in [0.05, 0.1) is 24.5 Å². The third-order valence-electron chi connectivity index (χ3n) is 4.32. The van der Waals surface area contributed by atoms with E-state index >= 15 is 0 Å². The number of hydrogen-bond acceptors (Lipinski definition) is 5. The van der Waals surface area contributed by atoms with Gasteiger partial charge >= 0.3 is 6.03 Å². The minimum Gasteiger partial charge on any atom is -0.352 e. The normalized spacial score (nSPS) is 24.6. The van der Waals surface area contributed by atoms with E-state index in [4.69, 9.17) is 0 Å². The number of urea groups is 1. The first-order valence-electron chi connectivity index (χ1n) is 8.09. The van der Waals surface area contributed by atoms with Gasteiger partial charge in [0.1, 0.15) is 11.9 Å². The van der Waals surface area contributed by atoms with Crippen LogP contribution in [0, 0.1) is 5.82 Å². The Morgan fingerprint density at radius 2 is 2.12 bits per heavy atom. The van der Waals surface area contributed by atoms with E-state index in [2.05, 4.69) is 10.6 Å². The van der Waals surface area contributed by atoms with Crippen molar-refractivity contribution in [2.24, 2.45) is 0 Å². The molecule has 2 N–H and O–H groups in total. The molecule has 1 aromatic rings. The molecule has 2 fully saturated rings. The average molecular weight is 383 g/mol. The lowest BCUT2D eigenvalue weighted by molar-refractivity contribution is -0.131. The van der Waals surface area contributed by atoms with E-state index in [0.29, 0.717) is 12.0 Å². The lowest BCUT2D eigenvalue weighted by Gasteiger charge is -2.14. The van der Waals surface area contributed by atoms with Crippen molar-refractivity contribution in [2.45, 2.75) is 31.5 Å². The maximum absolute atomic E-state index is 13.2. The molecule has 0 radical (unpaired) electrons. The Balaban J connectivity index is 1.57. The summed E-state index contributed by atoms with van der Waals surface area (Å²) in [6, 6.07) is 3.40.